The number of hydrogen-bond acceptors (Lipinski definition) is 2. The van der Waals surface area contributed by atoms with E-state index in [1.165, 1.54) is 11.1 Å². The first-order valence-corrected chi connectivity index (χ1v) is 7.13. The zero-order valence-corrected chi connectivity index (χ0v) is 12.1. The molecule has 1 amide bonds. The summed E-state index contributed by atoms with van der Waals surface area (Å²) in [5.74, 6) is 0.714. The Labute approximate surface area is 116 Å². The molecule has 104 valence electrons. The van der Waals surface area contributed by atoms with Crippen molar-refractivity contribution in [2.75, 3.05) is 19.6 Å². The van der Waals surface area contributed by atoms with Crippen molar-refractivity contribution in [1.29, 1.82) is 0 Å². The molecule has 1 aromatic carbocycles. The molecule has 1 atom stereocenters. The molecule has 2 rings (SSSR count). The summed E-state index contributed by atoms with van der Waals surface area (Å²) in [6.07, 6.45) is 1.15. The molecule has 0 aliphatic carbocycles. The van der Waals surface area contributed by atoms with Gasteiger partial charge in [-0.15, -0.1) is 0 Å². The van der Waals surface area contributed by atoms with Gasteiger partial charge in [-0.05, 0) is 45.2 Å². The van der Waals surface area contributed by atoms with Crippen LogP contribution in [-0.4, -0.2) is 36.5 Å². The van der Waals surface area contributed by atoms with Gasteiger partial charge in [0.1, 0.15) is 0 Å². The lowest BCUT2D eigenvalue weighted by atomic mass is 9.97. The van der Waals surface area contributed by atoms with Crippen LogP contribution in [0.1, 0.15) is 37.3 Å². The van der Waals surface area contributed by atoms with E-state index in [1.54, 1.807) is 0 Å². The van der Waals surface area contributed by atoms with Gasteiger partial charge in [-0.25, -0.2) is 0 Å². The lowest BCUT2D eigenvalue weighted by Gasteiger charge is -2.17. The summed E-state index contributed by atoms with van der Waals surface area (Å²) in [6.45, 7) is 8.67. The Balaban J connectivity index is 1.88. The summed E-state index contributed by atoms with van der Waals surface area (Å²) in [4.78, 5) is 14.0. The van der Waals surface area contributed by atoms with Gasteiger partial charge in [-0.2, -0.15) is 0 Å². The molecule has 1 unspecified atom stereocenters. The third-order valence-corrected chi connectivity index (χ3v) is 3.60. The minimum absolute atomic E-state index is 0.139. The molecule has 1 N–H and O–H groups in total. The standard InChI is InChI=1S/C16H24N2O/c1-12(2)17-16(19)11-18-8-7-15(10-18)14-6-4-5-13(3)9-14/h4-6,9,12,15H,7-8,10-11H2,1-3H3,(H,17,19). The topological polar surface area (TPSA) is 32.3 Å². The van der Waals surface area contributed by atoms with Gasteiger partial charge in [-0.1, -0.05) is 29.8 Å². The fourth-order valence-electron chi connectivity index (χ4n) is 2.74. The summed E-state index contributed by atoms with van der Waals surface area (Å²) in [6, 6.07) is 8.95. The smallest absolute Gasteiger partial charge is 0.234 e. The highest BCUT2D eigenvalue weighted by Gasteiger charge is 2.25. The number of rotatable bonds is 4. The van der Waals surface area contributed by atoms with E-state index in [9.17, 15) is 4.79 Å². The highest BCUT2D eigenvalue weighted by Crippen LogP contribution is 2.27. The van der Waals surface area contributed by atoms with Crippen molar-refractivity contribution >= 4 is 5.91 Å². The summed E-state index contributed by atoms with van der Waals surface area (Å²) in [5, 5.41) is 2.95. The van der Waals surface area contributed by atoms with Crippen LogP contribution in [0.5, 0.6) is 0 Å². The fourth-order valence-corrected chi connectivity index (χ4v) is 2.74. The second-order valence-corrected chi connectivity index (χ2v) is 5.86. The lowest BCUT2D eigenvalue weighted by molar-refractivity contribution is -0.122. The van der Waals surface area contributed by atoms with Gasteiger partial charge >= 0.3 is 0 Å². The van der Waals surface area contributed by atoms with E-state index in [0.29, 0.717) is 12.5 Å². The van der Waals surface area contributed by atoms with Crippen molar-refractivity contribution in [2.45, 2.75) is 39.2 Å². The molecular weight excluding hydrogens is 236 g/mol. The molecule has 1 heterocycles. The van der Waals surface area contributed by atoms with Crippen LogP contribution < -0.4 is 5.32 Å². The van der Waals surface area contributed by atoms with Crippen molar-refractivity contribution < 1.29 is 4.79 Å². The van der Waals surface area contributed by atoms with Gasteiger partial charge in [-0.3, -0.25) is 9.69 Å². The monoisotopic (exact) mass is 260 g/mol. The molecule has 3 heteroatoms. The van der Waals surface area contributed by atoms with Crippen LogP contribution in [0.4, 0.5) is 0 Å². The van der Waals surface area contributed by atoms with Crippen molar-refractivity contribution in [2.24, 2.45) is 0 Å². The molecule has 0 aromatic heterocycles. The molecule has 1 aliphatic heterocycles. The highest BCUT2D eigenvalue weighted by molar-refractivity contribution is 5.78. The van der Waals surface area contributed by atoms with Crippen molar-refractivity contribution in [1.82, 2.24) is 10.2 Å². The van der Waals surface area contributed by atoms with Crippen molar-refractivity contribution in [3.8, 4) is 0 Å². The Morgan fingerprint density at radius 2 is 2.26 bits per heavy atom. The van der Waals surface area contributed by atoms with E-state index in [1.807, 2.05) is 13.8 Å². The van der Waals surface area contributed by atoms with Gasteiger partial charge in [0, 0.05) is 12.6 Å². The first-order valence-electron chi connectivity index (χ1n) is 7.13. The molecule has 0 radical (unpaired) electrons. The number of carbonyl (C=O) groups is 1. The number of benzene rings is 1. The summed E-state index contributed by atoms with van der Waals surface area (Å²) in [5.41, 5.74) is 2.72. The largest absolute Gasteiger partial charge is 0.353 e. The number of nitrogens with zero attached hydrogens (tertiary/aromatic N) is 1. The second-order valence-electron chi connectivity index (χ2n) is 5.86. The van der Waals surface area contributed by atoms with Crippen LogP contribution in [0.2, 0.25) is 0 Å². The van der Waals surface area contributed by atoms with Gasteiger partial charge in [0.15, 0.2) is 0 Å². The van der Waals surface area contributed by atoms with Gasteiger partial charge in [0.25, 0.3) is 0 Å². The predicted octanol–water partition coefficient (Wildman–Crippen LogP) is 2.31. The minimum Gasteiger partial charge on any atom is -0.353 e. The van der Waals surface area contributed by atoms with E-state index in [0.717, 1.165) is 19.5 Å². The number of nitrogens with one attached hydrogen (secondary N) is 1. The van der Waals surface area contributed by atoms with E-state index >= 15 is 0 Å². The maximum atomic E-state index is 11.8. The number of aryl methyl sites for hydroxylation is 1. The van der Waals surface area contributed by atoms with Gasteiger partial charge in [0.05, 0.1) is 6.54 Å². The Morgan fingerprint density at radius 1 is 1.47 bits per heavy atom. The minimum atomic E-state index is 0.139. The molecule has 19 heavy (non-hydrogen) atoms. The number of likely N-dealkylation sites (tertiary alicyclic amines) is 1. The Kier molecular flexibility index (Phi) is 4.59. The number of carbonyl (C=O) groups excluding carboxylic acids is 1. The van der Waals surface area contributed by atoms with Crippen LogP contribution >= 0.6 is 0 Å². The van der Waals surface area contributed by atoms with E-state index < -0.39 is 0 Å². The van der Waals surface area contributed by atoms with Crippen molar-refractivity contribution in [3.63, 3.8) is 0 Å². The maximum Gasteiger partial charge on any atom is 0.234 e. The fraction of sp³-hybridized carbons (Fsp3) is 0.562. The average molecular weight is 260 g/mol. The van der Waals surface area contributed by atoms with Crippen LogP contribution in [-0.2, 0) is 4.79 Å². The lowest BCUT2D eigenvalue weighted by Crippen LogP contribution is -2.39. The first kappa shape index (κ1) is 14.1. The molecule has 0 saturated carbocycles. The predicted molar refractivity (Wildman–Crippen MR) is 78.3 cm³/mol. The molecule has 3 nitrogen and oxygen atoms in total. The van der Waals surface area contributed by atoms with Gasteiger partial charge < -0.3 is 5.32 Å². The van der Waals surface area contributed by atoms with Crippen LogP contribution in [0.3, 0.4) is 0 Å². The van der Waals surface area contributed by atoms with Crippen LogP contribution in [0.25, 0.3) is 0 Å². The SMILES string of the molecule is Cc1cccc(C2CCN(CC(=O)NC(C)C)C2)c1. The number of amides is 1. The Morgan fingerprint density at radius 3 is 2.95 bits per heavy atom. The van der Waals surface area contributed by atoms with Crippen LogP contribution in [0.15, 0.2) is 24.3 Å². The molecule has 1 saturated heterocycles. The second kappa shape index (κ2) is 6.20. The Bertz CT molecular complexity index is 442. The summed E-state index contributed by atoms with van der Waals surface area (Å²) >= 11 is 0. The molecule has 1 fully saturated rings. The van der Waals surface area contributed by atoms with E-state index in [-0.39, 0.29) is 11.9 Å². The third-order valence-electron chi connectivity index (χ3n) is 3.60. The zero-order chi connectivity index (χ0) is 13.8. The molecule has 0 spiro atoms. The first-order chi connectivity index (χ1) is 9.04. The highest BCUT2D eigenvalue weighted by atomic mass is 16.2. The quantitative estimate of drug-likeness (QED) is 0.901. The van der Waals surface area contributed by atoms with Crippen molar-refractivity contribution in [3.05, 3.63) is 35.4 Å². The Hall–Kier alpha value is -1.35. The average Bonchev–Trinajstić information content (AvgIpc) is 2.76. The molecular formula is C16H24N2O. The number of hydrogen-bond donors (Lipinski definition) is 1. The van der Waals surface area contributed by atoms with Crippen LogP contribution in [0, 0.1) is 6.92 Å². The maximum absolute atomic E-state index is 11.8. The summed E-state index contributed by atoms with van der Waals surface area (Å²) < 4.78 is 0. The van der Waals surface area contributed by atoms with E-state index in [4.69, 9.17) is 0 Å². The zero-order valence-electron chi connectivity index (χ0n) is 12.1. The van der Waals surface area contributed by atoms with Gasteiger partial charge in [0.2, 0.25) is 5.91 Å². The van der Waals surface area contributed by atoms with E-state index in [2.05, 4.69) is 41.4 Å². The third kappa shape index (κ3) is 4.06. The molecule has 1 aliphatic rings. The molecule has 1 aromatic rings. The molecule has 0 bridgehead atoms. The normalized spacial score (nSPS) is 19.9. The summed E-state index contributed by atoms with van der Waals surface area (Å²) in [7, 11) is 0.